The highest BCUT2D eigenvalue weighted by Gasteiger charge is 2.31. The van der Waals surface area contributed by atoms with Gasteiger partial charge in [0.1, 0.15) is 6.04 Å². The Balaban J connectivity index is 2.59. The first kappa shape index (κ1) is 13.4. The first-order valence-corrected chi connectivity index (χ1v) is 6.53. The molecule has 16 heavy (non-hydrogen) atoms. The Morgan fingerprint density at radius 1 is 1.56 bits per heavy atom. The van der Waals surface area contributed by atoms with Gasteiger partial charge in [-0.25, -0.2) is 0 Å². The molecule has 1 N–H and O–H groups in total. The van der Waals surface area contributed by atoms with Crippen LogP contribution >= 0.6 is 15.9 Å². The van der Waals surface area contributed by atoms with E-state index in [-0.39, 0.29) is 23.8 Å². The summed E-state index contributed by atoms with van der Waals surface area (Å²) < 4.78 is 5.24. The van der Waals surface area contributed by atoms with Crippen molar-refractivity contribution in [3.8, 4) is 0 Å². The van der Waals surface area contributed by atoms with Crippen LogP contribution in [0.3, 0.4) is 0 Å². The maximum absolute atomic E-state index is 11.8. The molecule has 1 aliphatic heterocycles. The number of rotatable bonds is 4. The summed E-state index contributed by atoms with van der Waals surface area (Å²) >= 11 is 3.12. The molecule has 0 saturated carbocycles. The predicted molar refractivity (Wildman–Crippen MR) is 63.4 cm³/mol. The van der Waals surface area contributed by atoms with Gasteiger partial charge in [-0.15, -0.1) is 0 Å². The van der Waals surface area contributed by atoms with Gasteiger partial charge in [0, 0.05) is 13.1 Å². The highest BCUT2D eigenvalue weighted by molar-refractivity contribution is 9.09. The van der Waals surface area contributed by atoms with E-state index in [1.807, 2.05) is 6.92 Å². The molecule has 5 nitrogen and oxygen atoms in total. The minimum Gasteiger partial charge on any atom is -0.377 e. The Hall–Kier alpha value is -0.620. The Bertz CT molecular complexity index is 260. The third-order valence-electron chi connectivity index (χ3n) is 2.42. The van der Waals surface area contributed by atoms with E-state index in [1.54, 1.807) is 4.90 Å². The molecule has 1 unspecified atom stereocenters. The molecule has 0 radical (unpaired) electrons. The number of hydrogen-bond acceptors (Lipinski definition) is 3. The van der Waals surface area contributed by atoms with Crippen molar-refractivity contribution in [2.45, 2.75) is 19.4 Å². The zero-order valence-electron chi connectivity index (χ0n) is 9.37. The Labute approximate surface area is 104 Å². The molecular weight excluding hydrogens is 276 g/mol. The fraction of sp³-hybridized carbons (Fsp3) is 0.800. The second kappa shape index (κ2) is 6.85. The smallest absolute Gasteiger partial charge is 0.245 e. The molecule has 2 amide bonds. The van der Waals surface area contributed by atoms with Gasteiger partial charge >= 0.3 is 0 Å². The number of ether oxygens (including phenoxy) is 1. The predicted octanol–water partition coefficient (Wildman–Crippen LogP) is 0.135. The van der Waals surface area contributed by atoms with E-state index in [0.717, 1.165) is 6.42 Å². The van der Waals surface area contributed by atoms with Crippen molar-refractivity contribution in [3.05, 3.63) is 0 Å². The highest BCUT2D eigenvalue weighted by atomic mass is 79.9. The van der Waals surface area contributed by atoms with Gasteiger partial charge in [-0.1, -0.05) is 22.9 Å². The molecule has 1 rings (SSSR count). The van der Waals surface area contributed by atoms with Gasteiger partial charge in [0.05, 0.1) is 18.5 Å². The molecular formula is C10H17BrN2O3. The van der Waals surface area contributed by atoms with Crippen molar-refractivity contribution in [3.63, 3.8) is 0 Å². The van der Waals surface area contributed by atoms with Crippen LogP contribution in [0.5, 0.6) is 0 Å². The fourth-order valence-electron chi connectivity index (χ4n) is 1.56. The summed E-state index contributed by atoms with van der Waals surface area (Å²) in [6.45, 7) is 3.88. The van der Waals surface area contributed by atoms with Crippen LogP contribution in [-0.2, 0) is 14.3 Å². The third-order valence-corrected chi connectivity index (χ3v) is 2.89. The Kier molecular flexibility index (Phi) is 5.76. The number of alkyl halides is 1. The molecule has 0 bridgehead atoms. The van der Waals surface area contributed by atoms with Crippen LogP contribution in [0.1, 0.15) is 13.3 Å². The van der Waals surface area contributed by atoms with Crippen LogP contribution in [-0.4, -0.2) is 54.4 Å². The van der Waals surface area contributed by atoms with Crippen LogP contribution in [0, 0.1) is 0 Å². The Morgan fingerprint density at radius 2 is 2.31 bits per heavy atom. The van der Waals surface area contributed by atoms with E-state index in [9.17, 15) is 9.59 Å². The lowest BCUT2D eigenvalue weighted by atomic mass is 10.2. The minimum absolute atomic E-state index is 0.0695. The van der Waals surface area contributed by atoms with Gasteiger partial charge in [-0.3, -0.25) is 9.59 Å². The molecule has 0 aromatic carbocycles. The van der Waals surface area contributed by atoms with Crippen LogP contribution in [0.15, 0.2) is 0 Å². The maximum Gasteiger partial charge on any atom is 0.245 e. The molecule has 0 aromatic heterocycles. The number of nitrogens with one attached hydrogen (secondary N) is 1. The van der Waals surface area contributed by atoms with Crippen molar-refractivity contribution in [2.24, 2.45) is 0 Å². The summed E-state index contributed by atoms with van der Waals surface area (Å²) in [6.07, 6.45) is 0.881. The van der Waals surface area contributed by atoms with Crippen LogP contribution in [0.25, 0.3) is 0 Å². The van der Waals surface area contributed by atoms with E-state index in [0.29, 0.717) is 19.7 Å². The van der Waals surface area contributed by atoms with E-state index in [1.165, 1.54) is 0 Å². The standard InChI is InChI=1S/C10H17BrN2O3/c1-2-3-12-10(15)8-7-16-5-4-13(8)9(14)6-11/h8H,2-7H2,1H3,(H,12,15). The number of hydrogen-bond donors (Lipinski definition) is 1. The van der Waals surface area contributed by atoms with Crippen molar-refractivity contribution in [2.75, 3.05) is 31.6 Å². The summed E-state index contributed by atoms with van der Waals surface area (Å²) in [5.41, 5.74) is 0. The Morgan fingerprint density at radius 3 is 2.94 bits per heavy atom. The number of morpholine rings is 1. The van der Waals surface area contributed by atoms with Crippen molar-refractivity contribution in [1.82, 2.24) is 10.2 Å². The topological polar surface area (TPSA) is 58.6 Å². The average molecular weight is 293 g/mol. The van der Waals surface area contributed by atoms with Gasteiger partial charge in [0.15, 0.2) is 0 Å². The minimum atomic E-state index is -0.481. The van der Waals surface area contributed by atoms with Crippen molar-refractivity contribution < 1.29 is 14.3 Å². The molecule has 0 aliphatic carbocycles. The molecule has 6 heteroatoms. The van der Waals surface area contributed by atoms with E-state index in [4.69, 9.17) is 4.74 Å². The molecule has 0 aromatic rings. The van der Waals surface area contributed by atoms with Gasteiger partial charge in [0.2, 0.25) is 11.8 Å². The monoisotopic (exact) mass is 292 g/mol. The number of halogens is 1. The number of carbonyl (C=O) groups excluding carboxylic acids is 2. The van der Waals surface area contributed by atoms with Gasteiger partial charge in [-0.2, -0.15) is 0 Å². The van der Waals surface area contributed by atoms with Crippen molar-refractivity contribution >= 4 is 27.7 Å². The van der Waals surface area contributed by atoms with E-state index >= 15 is 0 Å². The number of amides is 2. The maximum atomic E-state index is 11.8. The lowest BCUT2D eigenvalue weighted by Gasteiger charge is -2.34. The van der Waals surface area contributed by atoms with Crippen LogP contribution in [0.2, 0.25) is 0 Å². The SMILES string of the molecule is CCCNC(=O)C1COCCN1C(=O)CBr. The summed E-state index contributed by atoms with van der Waals surface area (Å²) in [5.74, 6) is -0.198. The zero-order valence-corrected chi connectivity index (χ0v) is 11.0. The largest absolute Gasteiger partial charge is 0.377 e. The average Bonchev–Trinajstić information content (AvgIpc) is 2.35. The van der Waals surface area contributed by atoms with Crippen LogP contribution < -0.4 is 5.32 Å². The summed E-state index contributed by atoms with van der Waals surface area (Å²) in [7, 11) is 0. The lowest BCUT2D eigenvalue weighted by Crippen LogP contribution is -2.56. The second-order valence-corrected chi connectivity index (χ2v) is 4.16. The molecule has 1 fully saturated rings. The second-order valence-electron chi connectivity index (χ2n) is 3.60. The number of nitrogens with zero attached hydrogens (tertiary/aromatic N) is 1. The first-order valence-electron chi connectivity index (χ1n) is 5.41. The molecule has 0 spiro atoms. The fourth-order valence-corrected chi connectivity index (χ4v) is 1.88. The number of carbonyl (C=O) groups is 2. The molecule has 1 atom stereocenters. The molecule has 92 valence electrons. The third kappa shape index (κ3) is 3.45. The van der Waals surface area contributed by atoms with Gasteiger partial charge in [-0.05, 0) is 6.42 Å². The summed E-state index contributed by atoms with van der Waals surface area (Å²) in [5, 5.41) is 3.02. The molecule has 1 saturated heterocycles. The quantitative estimate of drug-likeness (QED) is 0.750. The van der Waals surface area contributed by atoms with Crippen LogP contribution in [0.4, 0.5) is 0 Å². The summed E-state index contributed by atoms with van der Waals surface area (Å²) in [6, 6.07) is -0.481. The normalized spacial score (nSPS) is 20.6. The van der Waals surface area contributed by atoms with E-state index in [2.05, 4.69) is 21.2 Å². The highest BCUT2D eigenvalue weighted by Crippen LogP contribution is 2.08. The first-order chi connectivity index (χ1) is 7.70. The van der Waals surface area contributed by atoms with Crippen molar-refractivity contribution in [1.29, 1.82) is 0 Å². The lowest BCUT2D eigenvalue weighted by molar-refractivity contribution is -0.146. The van der Waals surface area contributed by atoms with Gasteiger partial charge < -0.3 is 15.0 Å². The zero-order chi connectivity index (χ0) is 12.0. The van der Waals surface area contributed by atoms with Gasteiger partial charge in [0.25, 0.3) is 0 Å². The summed E-state index contributed by atoms with van der Waals surface area (Å²) in [4.78, 5) is 25.0. The van der Waals surface area contributed by atoms with E-state index < -0.39 is 6.04 Å². The molecule has 1 aliphatic rings. The molecule has 1 heterocycles.